The summed E-state index contributed by atoms with van der Waals surface area (Å²) in [7, 11) is -8.60. The second-order valence-electron chi connectivity index (χ2n) is 12.0. The summed E-state index contributed by atoms with van der Waals surface area (Å²) < 4.78 is 59.5. The number of piperazine rings is 1. The summed E-state index contributed by atoms with van der Waals surface area (Å²) in [6.45, 7) is 1.72. The van der Waals surface area contributed by atoms with E-state index >= 15 is 0 Å². The molecule has 2 N–H and O–H groups in total. The van der Waals surface area contributed by atoms with Crippen molar-refractivity contribution in [3.63, 3.8) is 0 Å². The maximum Gasteiger partial charge on any atom is 0.241 e. The number of hydrogen-bond acceptors (Lipinski definition) is 9. The van der Waals surface area contributed by atoms with Crippen molar-refractivity contribution in [2.24, 2.45) is 0 Å². The summed E-state index contributed by atoms with van der Waals surface area (Å²) in [5, 5.41) is 12.6. The van der Waals surface area contributed by atoms with Crippen molar-refractivity contribution in [3.05, 3.63) is 127 Å². The minimum absolute atomic E-state index is 0.00546. The van der Waals surface area contributed by atoms with E-state index in [4.69, 9.17) is 0 Å². The maximum atomic E-state index is 14.4. The lowest BCUT2D eigenvalue weighted by atomic mass is 10.0. The van der Waals surface area contributed by atoms with Gasteiger partial charge in [-0.05, 0) is 60.5 Å². The lowest BCUT2D eigenvalue weighted by Gasteiger charge is -2.37. The number of aromatic nitrogens is 2. The van der Waals surface area contributed by atoms with Crippen LogP contribution in [0, 0.1) is 0 Å². The molecule has 11 nitrogen and oxygen atoms in total. The summed E-state index contributed by atoms with van der Waals surface area (Å²) in [5.74, 6) is -0.782. The molecule has 2 aromatic heterocycles. The first-order valence-electron chi connectivity index (χ1n) is 16.0. The van der Waals surface area contributed by atoms with Crippen LogP contribution in [0.1, 0.15) is 5.56 Å². The highest BCUT2D eigenvalue weighted by molar-refractivity contribution is 7.91. The molecule has 50 heavy (non-hydrogen) atoms. The third-order valence-electron chi connectivity index (χ3n) is 8.93. The molecule has 13 heteroatoms. The highest BCUT2D eigenvalue weighted by Gasteiger charge is 2.34. The zero-order valence-corrected chi connectivity index (χ0v) is 28.4. The lowest BCUT2D eigenvalue weighted by molar-refractivity contribution is -0.133. The minimum Gasteiger partial charge on any atom is -0.508 e. The number of phenolic OH excluding ortho intramolecular Hbond substituents is 1. The number of nitrogens with zero attached hydrogens (tertiary/aromatic N) is 4. The van der Waals surface area contributed by atoms with Crippen LogP contribution in [0.5, 0.6) is 5.75 Å². The molecule has 3 heterocycles. The van der Waals surface area contributed by atoms with Crippen LogP contribution in [0.2, 0.25) is 0 Å². The fraction of sp³-hybridized carbons (Fsp3) is 0.162. The van der Waals surface area contributed by atoms with E-state index in [1.807, 2.05) is 30.3 Å². The van der Waals surface area contributed by atoms with Crippen LogP contribution in [0.25, 0.3) is 21.5 Å². The van der Waals surface area contributed by atoms with Crippen molar-refractivity contribution < 1.29 is 26.7 Å². The molecule has 0 saturated carbocycles. The van der Waals surface area contributed by atoms with Crippen molar-refractivity contribution in [3.8, 4) is 5.75 Å². The molecule has 4 aromatic carbocycles. The molecule has 6 aromatic rings. The Morgan fingerprint density at radius 3 is 2.00 bits per heavy atom. The van der Waals surface area contributed by atoms with E-state index in [0.717, 1.165) is 11.8 Å². The molecule has 1 aliphatic heterocycles. The molecule has 1 fully saturated rings. The van der Waals surface area contributed by atoms with E-state index < -0.39 is 31.8 Å². The molecule has 1 amide bonds. The Morgan fingerprint density at radius 1 is 0.720 bits per heavy atom. The number of hydrogen-bond donors (Lipinski definition) is 2. The van der Waals surface area contributed by atoms with Gasteiger partial charge >= 0.3 is 0 Å². The van der Waals surface area contributed by atoms with Crippen LogP contribution in [0.4, 0.5) is 5.69 Å². The average Bonchev–Trinajstić information content (AvgIpc) is 3.14. The van der Waals surface area contributed by atoms with E-state index in [2.05, 4.69) is 19.6 Å². The van der Waals surface area contributed by atoms with Crippen molar-refractivity contribution >= 4 is 53.0 Å². The second kappa shape index (κ2) is 13.5. The topological polar surface area (TPSA) is 150 Å². The minimum atomic E-state index is -4.32. The van der Waals surface area contributed by atoms with Gasteiger partial charge in [-0.3, -0.25) is 14.8 Å². The predicted octanol–water partition coefficient (Wildman–Crippen LogP) is 4.56. The molecule has 0 unspecified atom stereocenters. The predicted molar refractivity (Wildman–Crippen MR) is 190 cm³/mol. The number of fused-ring (bicyclic) bond motifs is 2. The Bertz CT molecular complexity index is 2420. The number of amides is 1. The normalized spacial score (nSPS) is 14.6. The smallest absolute Gasteiger partial charge is 0.241 e. The Kier molecular flexibility index (Phi) is 8.95. The fourth-order valence-electron chi connectivity index (χ4n) is 6.43. The fourth-order valence-corrected chi connectivity index (χ4v) is 9.59. The van der Waals surface area contributed by atoms with Gasteiger partial charge in [-0.15, -0.1) is 0 Å². The highest BCUT2D eigenvalue weighted by Crippen LogP contribution is 2.33. The zero-order valence-electron chi connectivity index (χ0n) is 26.8. The molecule has 0 radical (unpaired) electrons. The molecule has 0 aliphatic carbocycles. The third kappa shape index (κ3) is 6.50. The van der Waals surface area contributed by atoms with Gasteiger partial charge in [0.1, 0.15) is 11.8 Å². The summed E-state index contributed by atoms with van der Waals surface area (Å²) in [4.78, 5) is 26.0. The summed E-state index contributed by atoms with van der Waals surface area (Å²) in [6, 6.07) is 25.1. The van der Waals surface area contributed by atoms with Crippen LogP contribution >= 0.6 is 0 Å². The van der Waals surface area contributed by atoms with E-state index in [-0.39, 0.29) is 32.4 Å². The van der Waals surface area contributed by atoms with Crippen LogP contribution in [-0.4, -0.2) is 74.9 Å². The van der Waals surface area contributed by atoms with Gasteiger partial charge in [-0.2, -0.15) is 4.72 Å². The SMILES string of the molecule is O=C([C@H](Cc1ccc(O)cc1S(=O)(=O)c1cccc2cnccc12)NS(=O)(=O)c1cccc2cnccc12)N1CCN(c2ccccc2)CC1. The molecular formula is C37H33N5O6S2. The van der Waals surface area contributed by atoms with Crippen LogP contribution < -0.4 is 9.62 Å². The summed E-state index contributed by atoms with van der Waals surface area (Å²) in [6.07, 6.45) is 5.80. The number of sulfonamides is 1. The number of anilines is 1. The Balaban J connectivity index is 1.27. The molecule has 0 spiro atoms. The molecule has 7 rings (SSSR count). The molecule has 1 atom stereocenters. The Labute approximate surface area is 289 Å². The number of carbonyl (C=O) groups is 1. The van der Waals surface area contributed by atoms with Crippen molar-refractivity contribution in [2.75, 3.05) is 31.1 Å². The number of benzene rings is 4. The number of para-hydroxylation sites is 1. The molecule has 1 aliphatic rings. The van der Waals surface area contributed by atoms with Gasteiger partial charge in [-0.25, -0.2) is 16.8 Å². The Hall–Kier alpha value is -5.37. The van der Waals surface area contributed by atoms with Gasteiger partial charge in [0.2, 0.25) is 25.8 Å². The number of pyridine rings is 2. The third-order valence-corrected chi connectivity index (χ3v) is 12.4. The van der Waals surface area contributed by atoms with Gasteiger partial charge in [-0.1, -0.05) is 48.5 Å². The van der Waals surface area contributed by atoms with E-state index in [0.29, 0.717) is 47.7 Å². The van der Waals surface area contributed by atoms with Crippen molar-refractivity contribution in [1.29, 1.82) is 0 Å². The number of phenols is 1. The maximum absolute atomic E-state index is 14.4. The number of carbonyl (C=O) groups excluding carboxylic acids is 1. The lowest BCUT2D eigenvalue weighted by Crippen LogP contribution is -2.55. The monoisotopic (exact) mass is 707 g/mol. The number of rotatable bonds is 9. The molecule has 1 saturated heterocycles. The first-order valence-corrected chi connectivity index (χ1v) is 18.9. The Morgan fingerprint density at radius 2 is 1.34 bits per heavy atom. The quantitative estimate of drug-likeness (QED) is 0.221. The highest BCUT2D eigenvalue weighted by atomic mass is 32.2. The van der Waals surface area contributed by atoms with Crippen LogP contribution in [0.3, 0.4) is 0 Å². The van der Waals surface area contributed by atoms with Crippen molar-refractivity contribution in [2.45, 2.75) is 27.1 Å². The first kappa shape index (κ1) is 33.1. The average molecular weight is 708 g/mol. The van der Waals surface area contributed by atoms with E-state index in [9.17, 15) is 26.7 Å². The largest absolute Gasteiger partial charge is 0.508 e. The van der Waals surface area contributed by atoms with Crippen molar-refractivity contribution in [1.82, 2.24) is 19.6 Å². The zero-order chi connectivity index (χ0) is 34.9. The van der Waals surface area contributed by atoms with Gasteiger partial charge in [0, 0.05) is 78.2 Å². The van der Waals surface area contributed by atoms with Gasteiger partial charge < -0.3 is 14.9 Å². The summed E-state index contributed by atoms with van der Waals surface area (Å²) >= 11 is 0. The number of sulfone groups is 1. The molecule has 254 valence electrons. The van der Waals surface area contributed by atoms with Gasteiger partial charge in [0.15, 0.2) is 0 Å². The molecular weight excluding hydrogens is 675 g/mol. The van der Waals surface area contributed by atoms with Crippen LogP contribution in [-0.2, 0) is 31.1 Å². The second-order valence-corrected chi connectivity index (χ2v) is 15.6. The number of nitrogens with one attached hydrogen (secondary N) is 1. The van der Waals surface area contributed by atoms with E-state index in [1.165, 1.54) is 36.7 Å². The van der Waals surface area contributed by atoms with Gasteiger partial charge in [0.25, 0.3) is 0 Å². The first-order chi connectivity index (χ1) is 24.1. The van der Waals surface area contributed by atoms with Gasteiger partial charge in [0.05, 0.1) is 14.7 Å². The number of aromatic hydroxyl groups is 1. The standard InChI is InChI=1S/C37H33N5O6S2/c43-30-13-12-26(36(23-30)49(45,46)34-10-4-6-27-24-38-16-14-31(27)34)22-33(37(44)42-20-18-41(19-21-42)29-8-2-1-3-9-29)40-50(47,48)35-11-5-7-28-25-39-17-15-32(28)35/h1-17,23-25,33,40,43H,18-22H2/t33-/m0/s1. The van der Waals surface area contributed by atoms with Crippen LogP contribution in [0.15, 0.2) is 137 Å². The summed E-state index contributed by atoms with van der Waals surface area (Å²) in [5.41, 5.74) is 1.19. The molecule has 0 bridgehead atoms. The van der Waals surface area contributed by atoms with E-state index in [1.54, 1.807) is 53.7 Å².